The average molecular weight is 295 g/mol. The van der Waals surface area contributed by atoms with Crippen molar-refractivity contribution in [3.8, 4) is 17.2 Å². The first kappa shape index (κ1) is 17.6. The van der Waals surface area contributed by atoms with Crippen LogP contribution < -0.4 is 19.5 Å². The quantitative estimate of drug-likeness (QED) is 0.715. The van der Waals surface area contributed by atoms with E-state index in [-0.39, 0.29) is 0 Å². The Morgan fingerprint density at radius 2 is 1.57 bits per heavy atom. The topological polar surface area (TPSA) is 39.7 Å². The Bertz CT molecular complexity index is 391. The van der Waals surface area contributed by atoms with Gasteiger partial charge in [-0.1, -0.05) is 33.6 Å². The van der Waals surface area contributed by atoms with Crippen LogP contribution in [-0.4, -0.2) is 27.4 Å². The number of hydrogen-bond donors (Lipinski definition) is 1. The minimum atomic E-state index is 0.556. The zero-order chi connectivity index (χ0) is 15.7. The van der Waals surface area contributed by atoms with E-state index in [9.17, 15) is 0 Å². The van der Waals surface area contributed by atoms with Crippen LogP contribution in [0.3, 0.4) is 0 Å². The second-order valence-corrected chi connectivity index (χ2v) is 5.10. The second kappa shape index (κ2) is 9.50. The largest absolute Gasteiger partial charge is 0.493 e. The molecule has 0 heterocycles. The van der Waals surface area contributed by atoms with Gasteiger partial charge in [0.1, 0.15) is 0 Å². The second-order valence-electron chi connectivity index (χ2n) is 5.10. The third-order valence-corrected chi connectivity index (χ3v) is 3.72. The molecule has 0 spiro atoms. The van der Waals surface area contributed by atoms with Gasteiger partial charge < -0.3 is 19.5 Å². The van der Waals surface area contributed by atoms with E-state index < -0.39 is 0 Å². The van der Waals surface area contributed by atoms with Crippen molar-refractivity contribution < 1.29 is 14.2 Å². The fraction of sp³-hybridized carbons (Fsp3) is 0.647. The summed E-state index contributed by atoms with van der Waals surface area (Å²) in [6.07, 6.45) is 2.22. The summed E-state index contributed by atoms with van der Waals surface area (Å²) in [5.74, 6) is 2.72. The van der Waals surface area contributed by atoms with E-state index in [0.717, 1.165) is 43.0 Å². The SMILES string of the molecule is CCNCc1cc(OC)c(OCC(CC)CC)c(OC)c1. The third-order valence-electron chi connectivity index (χ3n) is 3.72. The maximum Gasteiger partial charge on any atom is 0.203 e. The Morgan fingerprint density at radius 1 is 1.00 bits per heavy atom. The van der Waals surface area contributed by atoms with Crippen molar-refractivity contribution in [1.82, 2.24) is 5.32 Å². The van der Waals surface area contributed by atoms with Crippen molar-refractivity contribution in [2.24, 2.45) is 5.92 Å². The monoisotopic (exact) mass is 295 g/mol. The van der Waals surface area contributed by atoms with Crippen LogP contribution in [0.4, 0.5) is 0 Å². The van der Waals surface area contributed by atoms with Crippen LogP contribution in [0, 0.1) is 5.92 Å². The van der Waals surface area contributed by atoms with Gasteiger partial charge in [-0.25, -0.2) is 0 Å². The van der Waals surface area contributed by atoms with Gasteiger partial charge in [-0.15, -0.1) is 0 Å². The molecule has 1 rings (SSSR count). The highest BCUT2D eigenvalue weighted by Crippen LogP contribution is 2.39. The zero-order valence-electron chi connectivity index (χ0n) is 14.0. The lowest BCUT2D eigenvalue weighted by molar-refractivity contribution is 0.220. The smallest absolute Gasteiger partial charge is 0.203 e. The summed E-state index contributed by atoms with van der Waals surface area (Å²) in [7, 11) is 3.32. The van der Waals surface area contributed by atoms with Gasteiger partial charge in [-0.2, -0.15) is 0 Å². The maximum atomic E-state index is 5.98. The van der Waals surface area contributed by atoms with Crippen LogP contribution in [0.2, 0.25) is 0 Å². The van der Waals surface area contributed by atoms with Crippen LogP contribution in [0.5, 0.6) is 17.2 Å². The number of hydrogen-bond acceptors (Lipinski definition) is 4. The number of benzene rings is 1. The Hall–Kier alpha value is -1.42. The molecule has 0 saturated heterocycles. The number of methoxy groups -OCH3 is 2. The van der Waals surface area contributed by atoms with Crippen molar-refractivity contribution in [3.63, 3.8) is 0 Å². The van der Waals surface area contributed by atoms with Gasteiger partial charge in [0.05, 0.1) is 20.8 Å². The summed E-state index contributed by atoms with van der Waals surface area (Å²) >= 11 is 0. The molecule has 4 heteroatoms. The van der Waals surface area contributed by atoms with Crippen LogP contribution in [0.1, 0.15) is 39.2 Å². The van der Waals surface area contributed by atoms with E-state index >= 15 is 0 Å². The molecule has 0 aliphatic rings. The average Bonchev–Trinajstić information content (AvgIpc) is 2.53. The van der Waals surface area contributed by atoms with Crippen molar-refractivity contribution in [3.05, 3.63) is 17.7 Å². The first-order chi connectivity index (χ1) is 10.2. The highest BCUT2D eigenvalue weighted by Gasteiger charge is 2.15. The van der Waals surface area contributed by atoms with Gasteiger partial charge in [0.25, 0.3) is 0 Å². The molecular weight excluding hydrogens is 266 g/mol. The van der Waals surface area contributed by atoms with E-state index in [1.54, 1.807) is 14.2 Å². The lowest BCUT2D eigenvalue weighted by Crippen LogP contribution is -2.13. The van der Waals surface area contributed by atoms with Crippen molar-refractivity contribution >= 4 is 0 Å². The number of rotatable bonds is 10. The summed E-state index contributed by atoms with van der Waals surface area (Å²) in [4.78, 5) is 0. The third kappa shape index (κ3) is 5.12. The van der Waals surface area contributed by atoms with E-state index in [1.807, 2.05) is 12.1 Å². The van der Waals surface area contributed by atoms with Crippen molar-refractivity contribution in [1.29, 1.82) is 0 Å². The first-order valence-electron chi connectivity index (χ1n) is 7.78. The molecule has 0 fully saturated rings. The molecule has 0 aromatic heterocycles. The molecule has 1 N–H and O–H groups in total. The molecule has 0 aliphatic carbocycles. The van der Waals surface area contributed by atoms with Gasteiger partial charge in [0.15, 0.2) is 11.5 Å². The standard InChI is InChI=1S/C17H29NO3/c1-6-13(7-2)12-21-17-15(19-4)9-14(11-18-8-3)10-16(17)20-5/h9-10,13,18H,6-8,11-12H2,1-5H3. The molecule has 21 heavy (non-hydrogen) atoms. The lowest BCUT2D eigenvalue weighted by atomic mass is 10.1. The van der Waals surface area contributed by atoms with Crippen LogP contribution in [0.15, 0.2) is 12.1 Å². The van der Waals surface area contributed by atoms with Gasteiger partial charge in [0.2, 0.25) is 5.75 Å². The normalized spacial score (nSPS) is 10.8. The molecule has 0 bridgehead atoms. The fourth-order valence-electron chi connectivity index (χ4n) is 2.17. The first-order valence-corrected chi connectivity index (χ1v) is 7.78. The molecule has 4 nitrogen and oxygen atoms in total. The molecule has 0 unspecified atom stereocenters. The highest BCUT2D eigenvalue weighted by molar-refractivity contribution is 5.53. The summed E-state index contributed by atoms with van der Waals surface area (Å²) in [6, 6.07) is 4.01. The van der Waals surface area contributed by atoms with E-state index in [1.165, 1.54) is 0 Å². The highest BCUT2D eigenvalue weighted by atomic mass is 16.5. The maximum absolute atomic E-state index is 5.98. The van der Waals surface area contributed by atoms with Gasteiger partial charge >= 0.3 is 0 Å². The predicted octanol–water partition coefficient (Wildman–Crippen LogP) is 3.63. The molecule has 0 amide bonds. The summed E-state index contributed by atoms with van der Waals surface area (Å²) < 4.78 is 16.9. The fourth-order valence-corrected chi connectivity index (χ4v) is 2.17. The van der Waals surface area contributed by atoms with E-state index in [0.29, 0.717) is 18.3 Å². The van der Waals surface area contributed by atoms with Gasteiger partial charge in [-0.05, 0) is 30.2 Å². The summed E-state index contributed by atoms with van der Waals surface area (Å²) in [5.41, 5.74) is 1.13. The number of nitrogens with one attached hydrogen (secondary N) is 1. The molecule has 0 radical (unpaired) electrons. The Balaban J connectivity index is 2.94. The predicted molar refractivity (Wildman–Crippen MR) is 86.5 cm³/mol. The summed E-state index contributed by atoms with van der Waals surface area (Å²) in [6.45, 7) is 8.86. The molecule has 0 aliphatic heterocycles. The van der Waals surface area contributed by atoms with Crippen molar-refractivity contribution in [2.75, 3.05) is 27.4 Å². The van der Waals surface area contributed by atoms with Crippen molar-refractivity contribution in [2.45, 2.75) is 40.2 Å². The molecule has 120 valence electrons. The minimum Gasteiger partial charge on any atom is -0.493 e. The molecule has 1 aromatic carbocycles. The Morgan fingerprint density at radius 3 is 2.00 bits per heavy atom. The summed E-state index contributed by atoms with van der Waals surface area (Å²) in [5, 5.41) is 3.30. The van der Waals surface area contributed by atoms with Gasteiger partial charge in [-0.3, -0.25) is 0 Å². The van der Waals surface area contributed by atoms with Crippen LogP contribution in [0.25, 0.3) is 0 Å². The molecule has 1 aromatic rings. The van der Waals surface area contributed by atoms with E-state index in [4.69, 9.17) is 14.2 Å². The molecule has 0 saturated carbocycles. The van der Waals surface area contributed by atoms with Crippen LogP contribution >= 0.6 is 0 Å². The Kier molecular flexibility index (Phi) is 7.98. The van der Waals surface area contributed by atoms with Crippen LogP contribution in [-0.2, 0) is 6.54 Å². The zero-order valence-corrected chi connectivity index (χ0v) is 14.0. The Labute approximate surface area is 128 Å². The minimum absolute atomic E-state index is 0.556. The molecule has 0 atom stereocenters. The number of ether oxygens (including phenoxy) is 3. The van der Waals surface area contributed by atoms with E-state index in [2.05, 4.69) is 26.1 Å². The van der Waals surface area contributed by atoms with Gasteiger partial charge in [0, 0.05) is 6.54 Å². The molecular formula is C17H29NO3. The lowest BCUT2D eigenvalue weighted by Gasteiger charge is -2.19.